The molecule has 0 aromatic carbocycles. The van der Waals surface area contributed by atoms with Gasteiger partial charge < -0.3 is 19.1 Å². The fourth-order valence-electron chi connectivity index (χ4n) is 5.50. The highest BCUT2D eigenvalue weighted by atomic mass is 16.6. The van der Waals surface area contributed by atoms with E-state index in [9.17, 15) is 9.59 Å². The van der Waals surface area contributed by atoms with Crippen LogP contribution in [0.1, 0.15) is 94.3 Å². The predicted octanol–water partition coefficient (Wildman–Crippen LogP) is 5.39. The summed E-state index contributed by atoms with van der Waals surface area (Å²) in [4.78, 5) is 41.8. The van der Waals surface area contributed by atoms with Crippen molar-refractivity contribution < 1.29 is 14.3 Å². The molecule has 42 heavy (non-hydrogen) atoms. The van der Waals surface area contributed by atoms with Gasteiger partial charge in [-0.1, -0.05) is 13.0 Å². The van der Waals surface area contributed by atoms with Crippen molar-refractivity contribution in [1.82, 2.24) is 29.6 Å². The Balaban J connectivity index is 1.49. The Hall–Kier alpha value is -4.02. The van der Waals surface area contributed by atoms with Crippen molar-refractivity contribution in [2.45, 2.75) is 98.0 Å². The molecule has 2 amide bonds. The van der Waals surface area contributed by atoms with Crippen LogP contribution in [0.4, 0.5) is 16.4 Å². The van der Waals surface area contributed by atoms with Gasteiger partial charge in [0, 0.05) is 38.2 Å². The quantitative estimate of drug-likeness (QED) is 0.369. The van der Waals surface area contributed by atoms with E-state index < -0.39 is 11.7 Å². The molecule has 11 nitrogen and oxygen atoms in total. The summed E-state index contributed by atoms with van der Waals surface area (Å²) in [5, 5.41) is 8.97. The maximum absolute atomic E-state index is 13.9. The first-order valence-electron chi connectivity index (χ1n) is 14.8. The molecule has 11 heteroatoms. The van der Waals surface area contributed by atoms with Crippen molar-refractivity contribution >= 4 is 23.6 Å². The third kappa shape index (κ3) is 5.69. The summed E-state index contributed by atoms with van der Waals surface area (Å²) in [5.41, 5.74) is 2.09. The molecule has 5 rings (SSSR count). The Kier molecular flexibility index (Phi) is 7.96. The monoisotopic (exact) mass is 574 g/mol. The summed E-state index contributed by atoms with van der Waals surface area (Å²) < 4.78 is 7.79. The molecular formula is C31H42N8O3. The van der Waals surface area contributed by atoms with E-state index in [-0.39, 0.29) is 18.5 Å². The van der Waals surface area contributed by atoms with Crippen molar-refractivity contribution in [3.8, 4) is 11.5 Å². The van der Waals surface area contributed by atoms with Gasteiger partial charge in [0.05, 0.1) is 24.3 Å². The molecule has 0 aliphatic carbocycles. The Labute approximate surface area is 247 Å². The molecule has 3 aromatic heterocycles. The summed E-state index contributed by atoms with van der Waals surface area (Å²) in [6.07, 6.45) is 3.66. The zero-order chi connectivity index (χ0) is 30.3. The van der Waals surface area contributed by atoms with Gasteiger partial charge in [-0.2, -0.15) is 0 Å². The lowest BCUT2D eigenvalue weighted by Crippen LogP contribution is -2.34. The summed E-state index contributed by atoms with van der Waals surface area (Å²) in [6, 6.07) is 8.03. The molecule has 0 saturated heterocycles. The van der Waals surface area contributed by atoms with Crippen molar-refractivity contribution in [3.05, 3.63) is 46.9 Å². The molecule has 3 aromatic rings. The minimum Gasteiger partial charge on any atom is -0.444 e. The van der Waals surface area contributed by atoms with E-state index in [1.165, 1.54) is 4.90 Å². The Morgan fingerprint density at radius 2 is 1.93 bits per heavy atom. The van der Waals surface area contributed by atoms with Gasteiger partial charge in [0.25, 0.3) is 5.91 Å². The molecule has 1 atom stereocenters. The molecule has 0 saturated carbocycles. The van der Waals surface area contributed by atoms with Crippen LogP contribution in [0, 0.1) is 0 Å². The van der Waals surface area contributed by atoms with E-state index in [0.29, 0.717) is 41.2 Å². The first kappa shape index (κ1) is 29.5. The second kappa shape index (κ2) is 11.3. The zero-order valence-corrected chi connectivity index (χ0v) is 26.0. The number of ether oxygens (including phenoxy) is 1. The number of nitrogens with zero attached hydrogens (tertiary/aromatic N) is 8. The normalized spacial score (nSPS) is 16.5. The van der Waals surface area contributed by atoms with Crippen LogP contribution < -0.4 is 9.80 Å². The molecule has 0 radical (unpaired) electrons. The molecule has 5 heterocycles. The lowest BCUT2D eigenvalue weighted by atomic mass is 10.0. The van der Waals surface area contributed by atoms with Gasteiger partial charge in [-0.05, 0) is 72.1 Å². The van der Waals surface area contributed by atoms with Gasteiger partial charge >= 0.3 is 6.09 Å². The van der Waals surface area contributed by atoms with Crippen molar-refractivity contribution in [2.24, 2.45) is 0 Å². The Morgan fingerprint density at radius 1 is 1.17 bits per heavy atom. The van der Waals surface area contributed by atoms with Gasteiger partial charge in [0.2, 0.25) is 0 Å². The van der Waals surface area contributed by atoms with Gasteiger partial charge in [0.1, 0.15) is 28.8 Å². The molecule has 1 unspecified atom stereocenters. The fraction of sp³-hybridized carbons (Fsp3) is 0.548. The third-order valence-corrected chi connectivity index (χ3v) is 8.00. The average molecular weight is 575 g/mol. The van der Waals surface area contributed by atoms with E-state index in [1.807, 2.05) is 57.0 Å². The van der Waals surface area contributed by atoms with Crippen molar-refractivity contribution in [3.63, 3.8) is 0 Å². The number of hydrogen-bond donors (Lipinski definition) is 0. The minimum absolute atomic E-state index is 0.147. The summed E-state index contributed by atoms with van der Waals surface area (Å²) >= 11 is 0. The van der Waals surface area contributed by atoms with Crippen LogP contribution in [0.25, 0.3) is 11.5 Å². The standard InChI is InChI=1S/C31H42N8O3/c1-9-20-12-10-15-26-34-35-28(39(20)26)23-13-11-14-25(32-23)38-17-22-21(29(38)40)16-27(37(8)19(2)3)33-24(22)18-36(7)30(41)42-31(4,5)6/h11,13-14,16,19-20H,9-10,12,15,17-18H2,1-8H3. The maximum atomic E-state index is 13.9. The number of hydrogen-bond acceptors (Lipinski definition) is 8. The van der Waals surface area contributed by atoms with Crippen molar-refractivity contribution in [2.75, 3.05) is 23.9 Å². The summed E-state index contributed by atoms with van der Waals surface area (Å²) in [6.45, 7) is 12.3. The second-order valence-electron chi connectivity index (χ2n) is 12.5. The van der Waals surface area contributed by atoms with Gasteiger partial charge in [-0.15, -0.1) is 10.2 Å². The Bertz CT molecular complexity index is 1490. The van der Waals surface area contributed by atoms with Crippen LogP contribution in [-0.2, 0) is 24.2 Å². The van der Waals surface area contributed by atoms with Crippen molar-refractivity contribution in [1.29, 1.82) is 0 Å². The number of fused-ring (bicyclic) bond motifs is 2. The molecule has 224 valence electrons. The summed E-state index contributed by atoms with van der Waals surface area (Å²) in [5.74, 6) is 2.80. The van der Waals surface area contributed by atoms with E-state index in [2.05, 4.69) is 35.5 Å². The van der Waals surface area contributed by atoms with Gasteiger partial charge in [-0.25, -0.2) is 14.8 Å². The van der Waals surface area contributed by atoms with Gasteiger partial charge in [0.15, 0.2) is 5.82 Å². The number of carbonyl (C=O) groups is 2. The van der Waals surface area contributed by atoms with Crippen LogP contribution in [0.2, 0.25) is 0 Å². The lowest BCUT2D eigenvalue weighted by molar-refractivity contribution is 0.0282. The van der Waals surface area contributed by atoms with Crippen LogP contribution in [0.5, 0.6) is 0 Å². The molecular weight excluding hydrogens is 532 g/mol. The van der Waals surface area contributed by atoms with Crippen LogP contribution in [-0.4, -0.2) is 67.4 Å². The molecule has 0 bridgehead atoms. The molecule has 2 aliphatic rings. The number of aryl methyl sites for hydroxylation is 1. The molecule has 0 N–H and O–H groups in total. The molecule has 0 spiro atoms. The van der Waals surface area contributed by atoms with Crippen LogP contribution in [0.15, 0.2) is 24.3 Å². The number of carbonyl (C=O) groups excluding carboxylic acids is 2. The number of rotatable bonds is 7. The Morgan fingerprint density at radius 3 is 2.62 bits per heavy atom. The lowest BCUT2D eigenvalue weighted by Gasteiger charge is -2.26. The largest absolute Gasteiger partial charge is 0.444 e. The topological polar surface area (TPSA) is 110 Å². The number of pyridine rings is 2. The minimum atomic E-state index is -0.620. The first-order chi connectivity index (χ1) is 19.9. The highest BCUT2D eigenvalue weighted by molar-refractivity contribution is 6.10. The SMILES string of the molecule is CCC1CCCc2nnc(-c3cccc(N4Cc5c(cc(N(C)C(C)C)nc5CN(C)C(=O)OC(C)(C)C)C4=O)n3)n21. The maximum Gasteiger partial charge on any atom is 0.410 e. The predicted molar refractivity (Wildman–Crippen MR) is 162 cm³/mol. The summed E-state index contributed by atoms with van der Waals surface area (Å²) in [7, 11) is 3.63. The second-order valence-corrected chi connectivity index (χ2v) is 12.5. The van der Waals surface area contributed by atoms with E-state index in [0.717, 1.165) is 42.9 Å². The average Bonchev–Trinajstić information content (AvgIpc) is 3.53. The highest BCUT2D eigenvalue weighted by Gasteiger charge is 2.35. The number of amides is 2. The highest BCUT2D eigenvalue weighted by Crippen LogP contribution is 2.35. The van der Waals surface area contributed by atoms with E-state index in [4.69, 9.17) is 14.7 Å². The van der Waals surface area contributed by atoms with E-state index in [1.54, 1.807) is 11.9 Å². The van der Waals surface area contributed by atoms with Crippen LogP contribution >= 0.6 is 0 Å². The molecule has 2 aliphatic heterocycles. The third-order valence-electron chi connectivity index (χ3n) is 8.00. The smallest absolute Gasteiger partial charge is 0.410 e. The fourth-order valence-corrected chi connectivity index (χ4v) is 5.50. The van der Waals surface area contributed by atoms with Crippen LogP contribution in [0.3, 0.4) is 0 Å². The number of anilines is 2. The first-order valence-corrected chi connectivity index (χ1v) is 14.8. The molecule has 0 fully saturated rings. The van der Waals surface area contributed by atoms with E-state index >= 15 is 0 Å². The number of aromatic nitrogens is 5. The van der Waals surface area contributed by atoms with Gasteiger partial charge in [-0.3, -0.25) is 9.69 Å². The zero-order valence-electron chi connectivity index (χ0n) is 26.0.